The van der Waals surface area contributed by atoms with Gasteiger partial charge in [0, 0.05) is 11.1 Å². The summed E-state index contributed by atoms with van der Waals surface area (Å²) in [7, 11) is 0. The number of aromatic nitrogens is 2. The summed E-state index contributed by atoms with van der Waals surface area (Å²) < 4.78 is 5.49. The molecule has 0 radical (unpaired) electrons. The van der Waals surface area contributed by atoms with Crippen LogP contribution >= 0.6 is 11.8 Å². The van der Waals surface area contributed by atoms with Gasteiger partial charge in [0.2, 0.25) is 0 Å². The monoisotopic (exact) mass is 276 g/mol. The van der Waals surface area contributed by atoms with Gasteiger partial charge in [0.05, 0.1) is 0 Å². The van der Waals surface area contributed by atoms with Crippen LogP contribution in [0.1, 0.15) is 5.69 Å². The summed E-state index contributed by atoms with van der Waals surface area (Å²) >= 11 is 1.65. The molecule has 7 heteroatoms. The van der Waals surface area contributed by atoms with Crippen LogP contribution in [0.4, 0.5) is 0 Å². The molecule has 6 nitrogen and oxygen atoms in total. The third kappa shape index (κ3) is 3.35. The van der Waals surface area contributed by atoms with E-state index in [1.54, 1.807) is 11.8 Å². The van der Waals surface area contributed by atoms with Gasteiger partial charge in [0.25, 0.3) is 0 Å². The summed E-state index contributed by atoms with van der Waals surface area (Å²) in [6.07, 6.45) is 3.48. The number of rotatable bonds is 4. The third-order valence-electron chi connectivity index (χ3n) is 2.27. The quantitative estimate of drug-likeness (QED) is 0.292. The molecule has 0 spiro atoms. The van der Waals surface area contributed by atoms with Crippen molar-refractivity contribution in [2.75, 3.05) is 6.26 Å². The van der Waals surface area contributed by atoms with E-state index in [-0.39, 0.29) is 11.8 Å². The summed E-state index contributed by atoms with van der Waals surface area (Å²) in [6.45, 7) is 0. The molecule has 1 aromatic heterocycles. The van der Waals surface area contributed by atoms with Crippen molar-refractivity contribution in [3.63, 3.8) is 0 Å². The maximum Gasteiger partial charge on any atom is 0.322 e. The molecule has 3 N–H and O–H groups in total. The van der Waals surface area contributed by atoms with Crippen LogP contribution in [0.5, 0.6) is 11.8 Å². The molecule has 0 aliphatic rings. The van der Waals surface area contributed by atoms with Crippen LogP contribution < -0.4 is 10.5 Å². The van der Waals surface area contributed by atoms with Gasteiger partial charge >= 0.3 is 6.01 Å². The van der Waals surface area contributed by atoms with E-state index >= 15 is 0 Å². The van der Waals surface area contributed by atoms with Gasteiger partial charge in [0.15, 0.2) is 5.84 Å². The lowest BCUT2D eigenvalue weighted by molar-refractivity contribution is 0.318. The largest absolute Gasteiger partial charge is 0.424 e. The highest BCUT2D eigenvalue weighted by atomic mass is 32.2. The Morgan fingerprint density at radius 1 is 1.32 bits per heavy atom. The molecule has 0 atom stereocenters. The van der Waals surface area contributed by atoms with Gasteiger partial charge < -0.3 is 15.7 Å². The van der Waals surface area contributed by atoms with Crippen molar-refractivity contribution in [3.05, 3.63) is 42.2 Å². The van der Waals surface area contributed by atoms with Gasteiger partial charge in [-0.1, -0.05) is 5.16 Å². The standard InChI is InChI=1S/C12H12N4O2S/c1-19-9-4-2-8(3-5-9)18-12-14-7-6-10(15-12)11(13)16-17/h2-7,17H,1H3,(H2,13,16). The van der Waals surface area contributed by atoms with Crippen LogP contribution in [-0.4, -0.2) is 27.3 Å². The first-order valence-electron chi connectivity index (χ1n) is 5.36. The Morgan fingerprint density at radius 2 is 2.05 bits per heavy atom. The molecule has 98 valence electrons. The molecule has 0 aliphatic heterocycles. The fraction of sp³-hybridized carbons (Fsp3) is 0.0833. The Balaban J connectivity index is 2.18. The highest BCUT2D eigenvalue weighted by Crippen LogP contribution is 2.22. The van der Waals surface area contributed by atoms with E-state index in [1.807, 2.05) is 30.5 Å². The van der Waals surface area contributed by atoms with Crippen LogP contribution in [0.2, 0.25) is 0 Å². The summed E-state index contributed by atoms with van der Waals surface area (Å²) in [4.78, 5) is 9.13. The van der Waals surface area contributed by atoms with Gasteiger partial charge in [-0.05, 0) is 36.6 Å². The maximum atomic E-state index is 8.59. The molecular formula is C12H12N4O2S. The predicted octanol–water partition coefficient (Wildman–Crippen LogP) is 2.09. The van der Waals surface area contributed by atoms with Crippen molar-refractivity contribution < 1.29 is 9.94 Å². The summed E-state index contributed by atoms with van der Waals surface area (Å²) in [6, 6.07) is 9.19. The SMILES string of the molecule is CSc1ccc(Oc2nccc(/C(N)=N/O)n2)cc1. The second kappa shape index (κ2) is 6.05. The highest BCUT2D eigenvalue weighted by Gasteiger charge is 2.05. The van der Waals surface area contributed by atoms with E-state index in [0.29, 0.717) is 11.4 Å². The Kier molecular flexibility index (Phi) is 4.19. The van der Waals surface area contributed by atoms with E-state index in [9.17, 15) is 0 Å². The van der Waals surface area contributed by atoms with Crippen LogP contribution in [0.3, 0.4) is 0 Å². The van der Waals surface area contributed by atoms with Gasteiger partial charge in [0.1, 0.15) is 11.4 Å². The molecule has 1 heterocycles. The molecule has 0 saturated heterocycles. The normalized spacial score (nSPS) is 11.3. The van der Waals surface area contributed by atoms with Crippen molar-refractivity contribution in [2.24, 2.45) is 10.9 Å². The number of nitrogens with zero attached hydrogens (tertiary/aromatic N) is 3. The average Bonchev–Trinajstić information content (AvgIpc) is 2.47. The number of benzene rings is 1. The van der Waals surface area contributed by atoms with Crippen molar-refractivity contribution in [1.29, 1.82) is 0 Å². The number of hydrogen-bond acceptors (Lipinski definition) is 6. The van der Waals surface area contributed by atoms with Gasteiger partial charge in [-0.25, -0.2) is 4.98 Å². The van der Waals surface area contributed by atoms with Gasteiger partial charge in [-0.15, -0.1) is 11.8 Å². The van der Waals surface area contributed by atoms with Gasteiger partial charge in [-0.2, -0.15) is 4.98 Å². The fourth-order valence-electron chi connectivity index (χ4n) is 1.33. The Morgan fingerprint density at radius 3 is 2.68 bits per heavy atom. The molecule has 0 bridgehead atoms. The van der Waals surface area contributed by atoms with Crippen molar-refractivity contribution >= 4 is 17.6 Å². The summed E-state index contributed by atoms with van der Waals surface area (Å²) in [5.41, 5.74) is 5.75. The first-order chi connectivity index (χ1) is 9.22. The predicted molar refractivity (Wildman–Crippen MR) is 72.8 cm³/mol. The lowest BCUT2D eigenvalue weighted by Crippen LogP contribution is -2.15. The van der Waals surface area contributed by atoms with Crippen LogP contribution in [0, 0.1) is 0 Å². The van der Waals surface area contributed by atoms with E-state index in [0.717, 1.165) is 4.90 Å². The smallest absolute Gasteiger partial charge is 0.322 e. The first-order valence-corrected chi connectivity index (χ1v) is 6.58. The van der Waals surface area contributed by atoms with Crippen LogP contribution in [-0.2, 0) is 0 Å². The molecule has 19 heavy (non-hydrogen) atoms. The highest BCUT2D eigenvalue weighted by molar-refractivity contribution is 7.98. The molecule has 0 fully saturated rings. The molecule has 0 aliphatic carbocycles. The van der Waals surface area contributed by atoms with E-state index in [4.69, 9.17) is 15.7 Å². The molecule has 1 aromatic carbocycles. The molecule has 0 amide bonds. The molecule has 0 saturated carbocycles. The van der Waals surface area contributed by atoms with E-state index < -0.39 is 0 Å². The Labute approximate surface area is 114 Å². The number of amidine groups is 1. The molecule has 0 unspecified atom stereocenters. The van der Waals surface area contributed by atoms with E-state index in [1.165, 1.54) is 12.3 Å². The number of hydrogen-bond donors (Lipinski definition) is 2. The minimum Gasteiger partial charge on any atom is -0.424 e. The molecule has 2 aromatic rings. The third-order valence-corrected chi connectivity index (χ3v) is 3.02. The topological polar surface area (TPSA) is 93.6 Å². The van der Waals surface area contributed by atoms with E-state index in [2.05, 4.69) is 15.1 Å². The van der Waals surface area contributed by atoms with Crippen molar-refractivity contribution in [1.82, 2.24) is 9.97 Å². The molecular weight excluding hydrogens is 264 g/mol. The number of oxime groups is 1. The van der Waals surface area contributed by atoms with Crippen molar-refractivity contribution in [2.45, 2.75) is 4.90 Å². The number of nitrogens with two attached hydrogens (primary N) is 1. The maximum absolute atomic E-state index is 8.59. The van der Waals surface area contributed by atoms with Gasteiger partial charge in [-0.3, -0.25) is 0 Å². The van der Waals surface area contributed by atoms with Crippen LogP contribution in [0.25, 0.3) is 0 Å². The average molecular weight is 276 g/mol. The zero-order valence-corrected chi connectivity index (χ0v) is 11.0. The first kappa shape index (κ1) is 13.2. The Hall–Kier alpha value is -2.28. The summed E-state index contributed by atoms with van der Waals surface area (Å²) in [5, 5.41) is 11.5. The zero-order chi connectivity index (χ0) is 13.7. The summed E-state index contributed by atoms with van der Waals surface area (Å²) in [5.74, 6) is 0.527. The second-order valence-corrected chi connectivity index (χ2v) is 4.37. The fourth-order valence-corrected chi connectivity index (χ4v) is 1.74. The van der Waals surface area contributed by atoms with Crippen molar-refractivity contribution in [3.8, 4) is 11.8 Å². The Bertz CT molecular complexity index is 587. The lowest BCUT2D eigenvalue weighted by atomic mass is 10.3. The number of thioether (sulfide) groups is 1. The lowest BCUT2D eigenvalue weighted by Gasteiger charge is -2.05. The second-order valence-electron chi connectivity index (χ2n) is 3.49. The van der Waals surface area contributed by atoms with Crippen LogP contribution in [0.15, 0.2) is 46.6 Å². The number of ether oxygens (including phenoxy) is 1. The minimum atomic E-state index is -0.0926. The minimum absolute atomic E-state index is 0.0926. The zero-order valence-electron chi connectivity index (χ0n) is 10.1. The molecule has 2 rings (SSSR count).